The summed E-state index contributed by atoms with van der Waals surface area (Å²) in [7, 11) is 1.62. The number of amides is 1. The van der Waals surface area contributed by atoms with Crippen LogP contribution in [0.2, 0.25) is 0 Å². The number of carbonyl (C=O) groups excluding carboxylic acids is 2. The van der Waals surface area contributed by atoms with Gasteiger partial charge in [0.25, 0.3) is 5.91 Å². The molecular formula is C21H19NO4S. The summed E-state index contributed by atoms with van der Waals surface area (Å²) in [6.07, 6.45) is 0.616. The number of thiophene rings is 1. The Bertz CT molecular complexity index is 904. The van der Waals surface area contributed by atoms with E-state index in [-0.39, 0.29) is 12.5 Å². The van der Waals surface area contributed by atoms with Crippen LogP contribution in [0.5, 0.6) is 5.75 Å². The Morgan fingerprint density at radius 2 is 1.85 bits per heavy atom. The molecule has 1 amide bonds. The van der Waals surface area contributed by atoms with E-state index in [0.717, 1.165) is 11.3 Å². The van der Waals surface area contributed by atoms with Crippen molar-refractivity contribution in [3.63, 3.8) is 0 Å². The minimum Gasteiger partial charge on any atom is -0.497 e. The first-order valence-electron chi connectivity index (χ1n) is 8.40. The van der Waals surface area contributed by atoms with Crippen LogP contribution in [0.25, 0.3) is 0 Å². The Morgan fingerprint density at radius 3 is 2.56 bits per heavy atom. The van der Waals surface area contributed by atoms with Crippen LogP contribution < -0.4 is 10.1 Å². The monoisotopic (exact) mass is 381 g/mol. The molecule has 27 heavy (non-hydrogen) atoms. The lowest BCUT2D eigenvalue weighted by Crippen LogP contribution is -2.12. The van der Waals surface area contributed by atoms with Crippen LogP contribution >= 0.6 is 11.3 Å². The minimum absolute atomic E-state index is 0.199. The number of ether oxygens (including phenoxy) is 2. The lowest BCUT2D eigenvalue weighted by Gasteiger charge is -2.08. The zero-order valence-corrected chi connectivity index (χ0v) is 15.6. The average Bonchev–Trinajstić information content (AvgIpc) is 3.24. The molecule has 138 valence electrons. The van der Waals surface area contributed by atoms with E-state index in [1.165, 1.54) is 11.3 Å². The van der Waals surface area contributed by atoms with E-state index in [9.17, 15) is 9.59 Å². The Kier molecular flexibility index (Phi) is 6.22. The molecule has 0 aliphatic carbocycles. The smallest absolute Gasteiger partial charge is 0.338 e. The standard InChI is InChI=1S/C21H19NO4S/c1-25-18-9-7-15(8-10-18)11-12-26-21(24)16-4-2-5-17(14-16)22-20(23)19-6-3-13-27-19/h2-10,13-14H,11-12H2,1H3,(H,22,23). The van der Waals surface area contributed by atoms with E-state index >= 15 is 0 Å². The van der Waals surface area contributed by atoms with Crippen molar-refractivity contribution < 1.29 is 19.1 Å². The van der Waals surface area contributed by atoms with Crippen LogP contribution in [0.3, 0.4) is 0 Å². The van der Waals surface area contributed by atoms with Gasteiger partial charge in [0, 0.05) is 12.1 Å². The Morgan fingerprint density at radius 1 is 1.04 bits per heavy atom. The molecule has 6 heteroatoms. The van der Waals surface area contributed by atoms with E-state index in [1.807, 2.05) is 35.7 Å². The molecule has 0 aliphatic heterocycles. The highest BCUT2D eigenvalue weighted by Crippen LogP contribution is 2.16. The van der Waals surface area contributed by atoms with E-state index in [4.69, 9.17) is 9.47 Å². The van der Waals surface area contributed by atoms with Gasteiger partial charge in [-0.05, 0) is 47.3 Å². The van der Waals surface area contributed by atoms with Gasteiger partial charge in [-0.1, -0.05) is 24.3 Å². The maximum atomic E-state index is 12.2. The molecule has 0 fully saturated rings. The fourth-order valence-corrected chi connectivity index (χ4v) is 3.08. The number of rotatable bonds is 7. The first-order valence-corrected chi connectivity index (χ1v) is 9.28. The lowest BCUT2D eigenvalue weighted by atomic mass is 10.1. The predicted octanol–water partition coefficient (Wildman–Crippen LogP) is 4.41. The van der Waals surface area contributed by atoms with Crippen molar-refractivity contribution in [1.82, 2.24) is 0 Å². The molecule has 3 aromatic rings. The number of methoxy groups -OCH3 is 1. The zero-order valence-electron chi connectivity index (χ0n) is 14.8. The van der Waals surface area contributed by atoms with Crippen molar-refractivity contribution >= 4 is 28.9 Å². The summed E-state index contributed by atoms with van der Waals surface area (Å²) in [5.74, 6) is 0.169. The number of carbonyl (C=O) groups is 2. The van der Waals surface area contributed by atoms with Crippen LogP contribution in [-0.4, -0.2) is 25.6 Å². The molecule has 1 heterocycles. The number of benzene rings is 2. The number of esters is 1. The van der Waals surface area contributed by atoms with Gasteiger partial charge in [0.15, 0.2) is 0 Å². The van der Waals surface area contributed by atoms with Gasteiger partial charge in [-0.15, -0.1) is 11.3 Å². The first-order chi connectivity index (χ1) is 13.2. The molecule has 2 aromatic carbocycles. The molecule has 0 bridgehead atoms. The third-order valence-electron chi connectivity index (χ3n) is 3.88. The second-order valence-electron chi connectivity index (χ2n) is 5.75. The van der Waals surface area contributed by atoms with Gasteiger partial charge in [-0.3, -0.25) is 4.79 Å². The summed E-state index contributed by atoms with van der Waals surface area (Å²) < 4.78 is 10.5. The van der Waals surface area contributed by atoms with Gasteiger partial charge >= 0.3 is 5.97 Å². The summed E-state index contributed by atoms with van der Waals surface area (Å²) in [5.41, 5.74) is 2.01. The summed E-state index contributed by atoms with van der Waals surface area (Å²) in [5, 5.41) is 4.62. The third kappa shape index (κ3) is 5.18. The Labute approximate surface area is 161 Å². The predicted molar refractivity (Wildman–Crippen MR) is 106 cm³/mol. The molecule has 3 rings (SSSR count). The summed E-state index contributed by atoms with van der Waals surface area (Å²) in [6, 6.07) is 17.9. The largest absolute Gasteiger partial charge is 0.497 e. The minimum atomic E-state index is -0.421. The topological polar surface area (TPSA) is 64.6 Å². The number of hydrogen-bond donors (Lipinski definition) is 1. The molecule has 5 nitrogen and oxygen atoms in total. The van der Waals surface area contributed by atoms with Crippen molar-refractivity contribution in [2.24, 2.45) is 0 Å². The number of hydrogen-bond acceptors (Lipinski definition) is 5. The van der Waals surface area contributed by atoms with E-state index < -0.39 is 5.97 Å². The lowest BCUT2D eigenvalue weighted by molar-refractivity contribution is 0.0509. The molecular weight excluding hydrogens is 362 g/mol. The highest BCUT2D eigenvalue weighted by atomic mass is 32.1. The molecule has 0 unspecified atom stereocenters. The molecule has 1 aromatic heterocycles. The van der Waals surface area contributed by atoms with Crippen LogP contribution in [0.4, 0.5) is 5.69 Å². The van der Waals surface area contributed by atoms with Crippen molar-refractivity contribution in [3.05, 3.63) is 82.0 Å². The number of nitrogens with one attached hydrogen (secondary N) is 1. The van der Waals surface area contributed by atoms with Crippen LogP contribution in [0.15, 0.2) is 66.0 Å². The normalized spacial score (nSPS) is 10.3. The number of anilines is 1. The van der Waals surface area contributed by atoms with Gasteiger partial charge in [-0.25, -0.2) is 4.79 Å². The second-order valence-corrected chi connectivity index (χ2v) is 6.69. The van der Waals surface area contributed by atoms with Gasteiger partial charge in [-0.2, -0.15) is 0 Å². The maximum Gasteiger partial charge on any atom is 0.338 e. The van der Waals surface area contributed by atoms with Crippen LogP contribution in [0, 0.1) is 0 Å². The molecule has 1 N–H and O–H groups in total. The summed E-state index contributed by atoms with van der Waals surface area (Å²) >= 11 is 1.36. The zero-order chi connectivity index (χ0) is 19.1. The SMILES string of the molecule is COc1ccc(CCOC(=O)c2cccc(NC(=O)c3cccs3)c2)cc1. The van der Waals surface area contributed by atoms with Crippen molar-refractivity contribution in [2.75, 3.05) is 19.0 Å². The van der Waals surface area contributed by atoms with Crippen molar-refractivity contribution in [1.29, 1.82) is 0 Å². The summed E-state index contributed by atoms with van der Waals surface area (Å²) in [4.78, 5) is 25.0. The second kappa shape index (κ2) is 9.00. The third-order valence-corrected chi connectivity index (χ3v) is 4.75. The summed E-state index contributed by atoms with van der Waals surface area (Å²) in [6.45, 7) is 0.275. The van der Waals surface area contributed by atoms with Crippen LogP contribution in [0.1, 0.15) is 25.6 Å². The maximum absolute atomic E-state index is 12.2. The van der Waals surface area contributed by atoms with E-state index in [0.29, 0.717) is 22.5 Å². The fraction of sp³-hybridized carbons (Fsp3) is 0.143. The van der Waals surface area contributed by atoms with Gasteiger partial charge in [0.1, 0.15) is 5.75 Å². The van der Waals surface area contributed by atoms with Crippen LogP contribution in [-0.2, 0) is 11.2 Å². The Hall–Kier alpha value is -3.12. The molecule has 0 radical (unpaired) electrons. The van der Waals surface area contributed by atoms with E-state index in [2.05, 4.69) is 5.32 Å². The quantitative estimate of drug-likeness (QED) is 0.616. The highest BCUT2D eigenvalue weighted by molar-refractivity contribution is 7.12. The molecule has 0 saturated heterocycles. The van der Waals surface area contributed by atoms with Gasteiger partial charge < -0.3 is 14.8 Å². The van der Waals surface area contributed by atoms with Crippen molar-refractivity contribution in [3.8, 4) is 5.75 Å². The van der Waals surface area contributed by atoms with E-state index in [1.54, 1.807) is 37.4 Å². The molecule has 0 atom stereocenters. The fourth-order valence-electron chi connectivity index (χ4n) is 2.46. The molecule has 0 aliphatic rings. The van der Waals surface area contributed by atoms with Gasteiger partial charge in [0.05, 0.1) is 24.2 Å². The highest BCUT2D eigenvalue weighted by Gasteiger charge is 2.11. The molecule has 0 saturated carbocycles. The Balaban J connectivity index is 1.54. The van der Waals surface area contributed by atoms with Crippen molar-refractivity contribution in [2.45, 2.75) is 6.42 Å². The van der Waals surface area contributed by atoms with Gasteiger partial charge in [0.2, 0.25) is 0 Å². The molecule has 0 spiro atoms. The average molecular weight is 381 g/mol. The first kappa shape index (κ1) is 18.7.